The van der Waals surface area contributed by atoms with Crippen LogP contribution in [0.25, 0.3) is 0 Å². The highest BCUT2D eigenvalue weighted by molar-refractivity contribution is 7.94. The quantitative estimate of drug-likeness (QED) is 0.0751. The topological polar surface area (TPSA) is 172 Å². The van der Waals surface area contributed by atoms with Gasteiger partial charge in [0.05, 0.1) is 29.8 Å². The number of hydrogen-bond donors (Lipinski definition) is 3. The van der Waals surface area contributed by atoms with Crippen molar-refractivity contribution in [3.63, 3.8) is 0 Å². The monoisotopic (exact) mass is 641 g/mol. The number of amides is 2. The number of phenolic OH excluding ortho intramolecular Hbond substituents is 2. The Bertz CT molecular complexity index is 1680. The zero-order valence-corrected chi connectivity index (χ0v) is 24.9. The number of phenols is 2. The number of ether oxygens (including phenoxy) is 1. The van der Waals surface area contributed by atoms with Crippen molar-refractivity contribution in [2.24, 2.45) is 5.16 Å². The third-order valence-electron chi connectivity index (χ3n) is 7.60. The Morgan fingerprint density at radius 3 is 2.30 bits per heavy atom. The van der Waals surface area contributed by atoms with E-state index in [4.69, 9.17) is 21.2 Å². The van der Waals surface area contributed by atoms with E-state index in [0.717, 1.165) is 17.2 Å². The summed E-state index contributed by atoms with van der Waals surface area (Å²) in [4.78, 5) is 45.0. The van der Waals surface area contributed by atoms with Crippen molar-refractivity contribution in [2.45, 2.75) is 35.6 Å². The van der Waals surface area contributed by atoms with Crippen LogP contribution in [0.3, 0.4) is 0 Å². The van der Waals surface area contributed by atoms with Gasteiger partial charge in [-0.1, -0.05) is 77.4 Å². The number of oxime groups is 1. The first-order chi connectivity index (χ1) is 21.0. The zero-order chi connectivity index (χ0) is 31.6. The van der Waals surface area contributed by atoms with Crippen LogP contribution in [0.2, 0.25) is 5.02 Å². The summed E-state index contributed by atoms with van der Waals surface area (Å²) in [6.45, 7) is 0.991. The van der Waals surface area contributed by atoms with E-state index < -0.39 is 61.4 Å². The van der Waals surface area contributed by atoms with Crippen molar-refractivity contribution in [3.8, 4) is 11.5 Å². The van der Waals surface area contributed by atoms with Gasteiger partial charge in [0.25, 0.3) is 5.91 Å². The van der Waals surface area contributed by atoms with Crippen LogP contribution in [0, 0.1) is 0 Å². The molecular weight excluding hydrogens is 614 g/mol. The molecule has 14 heteroatoms. The fourth-order valence-electron chi connectivity index (χ4n) is 5.18. The van der Waals surface area contributed by atoms with Crippen LogP contribution < -0.4 is 5.32 Å². The summed E-state index contributed by atoms with van der Waals surface area (Å²) in [5, 5.41) is 23.9. The van der Waals surface area contributed by atoms with Crippen molar-refractivity contribution in [3.05, 3.63) is 94.5 Å². The fourth-order valence-corrected chi connectivity index (χ4v) is 7.62. The lowest BCUT2D eigenvalue weighted by atomic mass is 9.96. The lowest BCUT2D eigenvalue weighted by Crippen LogP contribution is -2.58. The first-order valence-electron chi connectivity index (χ1n) is 13.5. The van der Waals surface area contributed by atoms with Crippen molar-refractivity contribution in [1.82, 2.24) is 10.2 Å². The summed E-state index contributed by atoms with van der Waals surface area (Å²) in [5.74, 6) is -3.21. The van der Waals surface area contributed by atoms with Gasteiger partial charge in [0.1, 0.15) is 16.7 Å². The number of sulfone groups is 1. The fraction of sp³-hybridized carbons (Fsp3) is 0.267. The van der Waals surface area contributed by atoms with Gasteiger partial charge in [0, 0.05) is 0 Å². The van der Waals surface area contributed by atoms with Crippen LogP contribution in [-0.2, 0) is 29.0 Å². The standard InChI is InChI=1S/C30H28ClN3O9S/c1-30(17-33-42-15-14-32-28(38)20-12-13-21(35)25(37)24(20)31)27(34-22(36)16-23(34)44(30,40)41)29(39)43-26(18-8-4-2-5-9-18)19-10-6-3-7-11-19/h2-13,17,23,26-27,35,37H,14-16H2,1H3,(H,32,38)/b33-17+/t23-,27+,30+/m1/s1. The number of nitrogens with one attached hydrogen (secondary N) is 1. The van der Waals surface area contributed by atoms with Crippen molar-refractivity contribution in [1.29, 1.82) is 0 Å². The predicted molar refractivity (Wildman–Crippen MR) is 159 cm³/mol. The minimum atomic E-state index is -4.13. The Kier molecular flexibility index (Phi) is 8.53. The number of halogens is 1. The number of hydrogen-bond acceptors (Lipinski definition) is 10. The van der Waals surface area contributed by atoms with E-state index in [-0.39, 0.29) is 30.2 Å². The van der Waals surface area contributed by atoms with Gasteiger partial charge < -0.3 is 30.0 Å². The molecular formula is C30H28ClN3O9S. The Hall–Kier alpha value is -4.62. The molecule has 0 unspecified atom stereocenters. The number of nitrogens with zero attached hydrogens (tertiary/aromatic N) is 2. The van der Waals surface area contributed by atoms with Crippen molar-refractivity contribution < 1.29 is 42.6 Å². The maximum atomic E-state index is 13.8. The van der Waals surface area contributed by atoms with Crippen molar-refractivity contribution >= 4 is 45.4 Å². The van der Waals surface area contributed by atoms with Gasteiger partial charge in [0.15, 0.2) is 33.5 Å². The van der Waals surface area contributed by atoms with Gasteiger partial charge in [0.2, 0.25) is 5.91 Å². The molecule has 2 fully saturated rings. The third kappa shape index (κ3) is 5.44. The molecule has 2 aliphatic rings. The molecule has 5 rings (SSSR count). The van der Waals surface area contributed by atoms with E-state index in [2.05, 4.69) is 10.5 Å². The van der Waals surface area contributed by atoms with E-state index in [9.17, 15) is 33.0 Å². The van der Waals surface area contributed by atoms with Crippen LogP contribution in [0.15, 0.2) is 78.0 Å². The normalized spacial score (nSPS) is 22.0. The Labute approximate surface area is 257 Å². The molecule has 3 aromatic rings. The second-order valence-corrected chi connectivity index (χ2v) is 13.2. The molecule has 2 amide bonds. The number of fused-ring (bicyclic) bond motifs is 1. The largest absolute Gasteiger partial charge is 0.504 e. The maximum Gasteiger partial charge on any atom is 0.331 e. The molecule has 0 aromatic heterocycles. The number of benzene rings is 3. The second kappa shape index (κ2) is 12.2. The third-order valence-corrected chi connectivity index (χ3v) is 10.7. The second-order valence-electron chi connectivity index (χ2n) is 10.3. The molecule has 0 bridgehead atoms. The van der Waals surface area contributed by atoms with Crippen LogP contribution in [0.4, 0.5) is 0 Å². The lowest BCUT2D eigenvalue weighted by molar-refractivity contribution is -0.163. The summed E-state index contributed by atoms with van der Waals surface area (Å²) in [7, 11) is -4.13. The average Bonchev–Trinajstić information content (AvgIpc) is 3.15. The Balaban J connectivity index is 1.31. The average molecular weight is 642 g/mol. The summed E-state index contributed by atoms with van der Waals surface area (Å²) in [5.41, 5.74) is 1.22. The molecule has 0 saturated carbocycles. The lowest BCUT2D eigenvalue weighted by Gasteiger charge is -2.36. The molecule has 2 aliphatic heterocycles. The number of esters is 1. The zero-order valence-electron chi connectivity index (χ0n) is 23.3. The minimum Gasteiger partial charge on any atom is -0.504 e. The van der Waals surface area contributed by atoms with E-state index in [1.807, 2.05) is 12.1 Å². The number of carbonyl (C=O) groups excluding carboxylic acids is 3. The first kappa shape index (κ1) is 30.8. The van der Waals surface area contributed by atoms with Gasteiger partial charge in [-0.25, -0.2) is 13.2 Å². The summed E-state index contributed by atoms with van der Waals surface area (Å²) in [6.07, 6.45) is -0.164. The number of β-lactam (4-membered cyclic amide) rings is 1. The molecule has 2 saturated heterocycles. The van der Waals surface area contributed by atoms with Gasteiger partial charge in [-0.15, -0.1) is 0 Å². The Morgan fingerprint density at radius 1 is 1.09 bits per heavy atom. The van der Waals surface area contributed by atoms with Crippen LogP contribution in [0.5, 0.6) is 11.5 Å². The van der Waals surface area contributed by atoms with Crippen molar-refractivity contribution in [2.75, 3.05) is 13.2 Å². The van der Waals surface area contributed by atoms with Crippen LogP contribution in [0.1, 0.15) is 40.9 Å². The van der Waals surface area contributed by atoms with Crippen LogP contribution >= 0.6 is 11.6 Å². The molecule has 3 atom stereocenters. The number of rotatable bonds is 10. The van der Waals surface area contributed by atoms with E-state index >= 15 is 0 Å². The molecule has 44 heavy (non-hydrogen) atoms. The summed E-state index contributed by atoms with van der Waals surface area (Å²) >= 11 is 5.90. The van der Waals surface area contributed by atoms with Crippen LogP contribution in [-0.4, -0.2) is 76.8 Å². The van der Waals surface area contributed by atoms with Gasteiger partial charge in [-0.2, -0.15) is 0 Å². The predicted octanol–water partition coefficient (Wildman–Crippen LogP) is 2.93. The molecule has 3 N–H and O–H groups in total. The molecule has 0 spiro atoms. The molecule has 2 heterocycles. The SMILES string of the molecule is C[C@]1(/C=N/OCCNC(=O)c2ccc(O)c(O)c2Cl)[C@H](C(=O)OC(c2ccccc2)c2ccccc2)N2C(=O)C[C@H]2S1(=O)=O. The summed E-state index contributed by atoms with van der Waals surface area (Å²) < 4.78 is 31.1. The number of carbonyl (C=O) groups is 3. The molecule has 0 radical (unpaired) electrons. The van der Waals surface area contributed by atoms with Gasteiger partial charge >= 0.3 is 5.97 Å². The smallest absolute Gasteiger partial charge is 0.331 e. The van der Waals surface area contributed by atoms with Gasteiger partial charge in [-0.05, 0) is 30.2 Å². The minimum absolute atomic E-state index is 0.0881. The Morgan fingerprint density at radius 2 is 1.70 bits per heavy atom. The first-order valence-corrected chi connectivity index (χ1v) is 15.4. The molecule has 230 valence electrons. The summed E-state index contributed by atoms with van der Waals surface area (Å²) in [6, 6.07) is 18.7. The van der Waals surface area contributed by atoms with E-state index in [0.29, 0.717) is 11.1 Å². The number of aromatic hydroxyl groups is 2. The highest BCUT2D eigenvalue weighted by Crippen LogP contribution is 2.46. The van der Waals surface area contributed by atoms with E-state index in [1.165, 1.54) is 13.0 Å². The highest BCUT2D eigenvalue weighted by atomic mass is 35.5. The highest BCUT2D eigenvalue weighted by Gasteiger charge is 2.70. The van der Waals surface area contributed by atoms with Gasteiger partial charge in [-0.3, -0.25) is 9.59 Å². The molecule has 12 nitrogen and oxygen atoms in total. The van der Waals surface area contributed by atoms with E-state index in [1.54, 1.807) is 48.5 Å². The molecule has 0 aliphatic carbocycles. The maximum absolute atomic E-state index is 13.8. The molecule has 3 aromatic carbocycles.